The molecule has 0 unspecified atom stereocenters. The number of rotatable bonds is 3. The number of halogens is 2. The van der Waals surface area contributed by atoms with Gasteiger partial charge in [0.1, 0.15) is 0 Å². The summed E-state index contributed by atoms with van der Waals surface area (Å²) < 4.78 is 0. The number of nitrogens with two attached hydrogens (primary N) is 1. The smallest absolute Gasteiger partial charge is 0.0595 e. The monoisotopic (exact) mass is 297 g/mol. The lowest BCUT2D eigenvalue weighted by Gasteiger charge is -2.08. The van der Waals surface area contributed by atoms with Crippen molar-refractivity contribution in [3.63, 3.8) is 0 Å². The average Bonchev–Trinajstić information content (AvgIpc) is 2.35. The standard InChI is InChI=1S/C14H13Cl2NS/c1-9-13(17)3-2-4-14(9)18-8-10-5-6-11(15)12(16)7-10/h2-7H,8,17H2,1H3. The molecular formula is C14H13Cl2NS. The van der Waals surface area contributed by atoms with E-state index in [-0.39, 0.29) is 0 Å². The molecule has 0 aliphatic heterocycles. The van der Waals surface area contributed by atoms with E-state index in [1.807, 2.05) is 37.3 Å². The molecule has 2 aromatic rings. The number of hydrogen-bond acceptors (Lipinski definition) is 2. The van der Waals surface area contributed by atoms with Crippen LogP contribution in [0.3, 0.4) is 0 Å². The maximum Gasteiger partial charge on any atom is 0.0595 e. The highest BCUT2D eigenvalue weighted by Crippen LogP contribution is 2.30. The van der Waals surface area contributed by atoms with Crippen molar-refractivity contribution in [2.45, 2.75) is 17.6 Å². The Morgan fingerprint density at radius 1 is 1.11 bits per heavy atom. The number of anilines is 1. The van der Waals surface area contributed by atoms with Crippen molar-refractivity contribution in [2.75, 3.05) is 5.73 Å². The molecule has 18 heavy (non-hydrogen) atoms. The predicted octanol–water partition coefficient (Wildman–Crippen LogP) is 5.18. The molecule has 0 amide bonds. The number of benzene rings is 2. The summed E-state index contributed by atoms with van der Waals surface area (Å²) in [6.07, 6.45) is 0. The van der Waals surface area contributed by atoms with E-state index in [1.54, 1.807) is 11.8 Å². The van der Waals surface area contributed by atoms with Gasteiger partial charge < -0.3 is 5.73 Å². The first kappa shape index (κ1) is 13.6. The lowest BCUT2D eigenvalue weighted by atomic mass is 10.2. The second kappa shape index (κ2) is 5.87. The molecule has 1 nitrogen and oxygen atoms in total. The van der Waals surface area contributed by atoms with E-state index in [9.17, 15) is 0 Å². The number of thioether (sulfide) groups is 1. The van der Waals surface area contributed by atoms with Gasteiger partial charge in [-0.2, -0.15) is 0 Å². The fourth-order valence-corrected chi connectivity index (χ4v) is 2.91. The van der Waals surface area contributed by atoms with E-state index in [1.165, 1.54) is 4.90 Å². The molecule has 0 heterocycles. The maximum atomic E-state index is 5.99. The van der Waals surface area contributed by atoms with Crippen molar-refractivity contribution < 1.29 is 0 Å². The molecule has 94 valence electrons. The Hall–Kier alpha value is -0.830. The summed E-state index contributed by atoms with van der Waals surface area (Å²) in [5, 5.41) is 1.18. The average molecular weight is 298 g/mol. The predicted molar refractivity (Wildman–Crippen MR) is 81.6 cm³/mol. The SMILES string of the molecule is Cc1c(N)cccc1SCc1ccc(Cl)c(Cl)c1. The summed E-state index contributed by atoms with van der Waals surface area (Å²) in [6, 6.07) is 11.7. The summed E-state index contributed by atoms with van der Waals surface area (Å²) in [7, 11) is 0. The van der Waals surface area contributed by atoms with Crippen LogP contribution in [0.5, 0.6) is 0 Å². The fraction of sp³-hybridized carbons (Fsp3) is 0.143. The van der Waals surface area contributed by atoms with Crippen LogP contribution in [0.4, 0.5) is 5.69 Å². The van der Waals surface area contributed by atoms with Crippen LogP contribution in [0.15, 0.2) is 41.3 Å². The summed E-state index contributed by atoms with van der Waals surface area (Å²) in [6.45, 7) is 2.03. The van der Waals surface area contributed by atoms with Gasteiger partial charge in [0, 0.05) is 16.3 Å². The van der Waals surface area contributed by atoms with Crippen LogP contribution < -0.4 is 5.73 Å². The van der Waals surface area contributed by atoms with Crippen LogP contribution in [-0.2, 0) is 5.75 Å². The lowest BCUT2D eigenvalue weighted by Crippen LogP contribution is -1.91. The third-order valence-corrected chi connectivity index (χ3v) is 4.67. The number of nitrogen functional groups attached to an aromatic ring is 1. The van der Waals surface area contributed by atoms with Crippen molar-refractivity contribution in [3.8, 4) is 0 Å². The molecule has 0 bridgehead atoms. The Morgan fingerprint density at radius 3 is 2.61 bits per heavy atom. The van der Waals surface area contributed by atoms with Gasteiger partial charge in [-0.15, -0.1) is 11.8 Å². The van der Waals surface area contributed by atoms with Gasteiger partial charge in [0.15, 0.2) is 0 Å². The highest BCUT2D eigenvalue weighted by atomic mass is 35.5. The number of hydrogen-bond donors (Lipinski definition) is 1. The van der Waals surface area contributed by atoms with Crippen molar-refractivity contribution in [1.82, 2.24) is 0 Å². The first-order valence-electron chi connectivity index (χ1n) is 5.50. The topological polar surface area (TPSA) is 26.0 Å². The molecule has 2 N–H and O–H groups in total. The molecule has 0 spiro atoms. The van der Waals surface area contributed by atoms with Crippen LogP contribution in [0.2, 0.25) is 10.0 Å². The van der Waals surface area contributed by atoms with Gasteiger partial charge in [-0.05, 0) is 42.3 Å². The second-order valence-corrected chi connectivity index (χ2v) is 5.84. The van der Waals surface area contributed by atoms with Crippen molar-refractivity contribution in [1.29, 1.82) is 0 Å². The molecule has 0 aliphatic carbocycles. The van der Waals surface area contributed by atoms with Gasteiger partial charge in [-0.25, -0.2) is 0 Å². The normalized spacial score (nSPS) is 10.6. The minimum absolute atomic E-state index is 0.588. The zero-order valence-corrected chi connectivity index (χ0v) is 12.2. The van der Waals surface area contributed by atoms with Gasteiger partial charge in [0.2, 0.25) is 0 Å². The van der Waals surface area contributed by atoms with E-state index < -0.39 is 0 Å². The van der Waals surface area contributed by atoms with Gasteiger partial charge in [0.05, 0.1) is 10.0 Å². The largest absolute Gasteiger partial charge is 0.398 e. The molecule has 0 saturated heterocycles. The highest BCUT2D eigenvalue weighted by Gasteiger charge is 2.04. The zero-order valence-electron chi connectivity index (χ0n) is 9.91. The molecule has 2 aromatic carbocycles. The minimum Gasteiger partial charge on any atom is -0.398 e. The third-order valence-electron chi connectivity index (χ3n) is 2.70. The molecule has 0 atom stereocenters. The van der Waals surface area contributed by atoms with Crippen LogP contribution >= 0.6 is 35.0 Å². The van der Waals surface area contributed by atoms with Gasteiger partial charge in [-0.1, -0.05) is 35.3 Å². The molecule has 0 aromatic heterocycles. The van der Waals surface area contributed by atoms with Crippen LogP contribution in [0, 0.1) is 6.92 Å². The minimum atomic E-state index is 0.588. The summed E-state index contributed by atoms with van der Waals surface area (Å²) >= 11 is 13.6. The maximum absolute atomic E-state index is 5.99. The Morgan fingerprint density at radius 2 is 1.89 bits per heavy atom. The molecule has 0 saturated carbocycles. The molecule has 0 fully saturated rings. The Bertz CT molecular complexity index is 570. The van der Waals surface area contributed by atoms with Gasteiger partial charge >= 0.3 is 0 Å². The van der Waals surface area contributed by atoms with Crippen molar-refractivity contribution >= 4 is 40.7 Å². The summed E-state index contributed by atoms with van der Waals surface area (Å²) in [5.41, 5.74) is 8.99. The molecule has 0 aliphatic rings. The van der Waals surface area contributed by atoms with E-state index >= 15 is 0 Å². The molecule has 0 radical (unpaired) electrons. The van der Waals surface area contributed by atoms with Crippen LogP contribution in [0.25, 0.3) is 0 Å². The lowest BCUT2D eigenvalue weighted by molar-refractivity contribution is 1.29. The van der Waals surface area contributed by atoms with Crippen molar-refractivity contribution in [2.24, 2.45) is 0 Å². The van der Waals surface area contributed by atoms with Crippen molar-refractivity contribution in [3.05, 3.63) is 57.6 Å². The molecule has 4 heteroatoms. The fourth-order valence-electron chi connectivity index (χ4n) is 1.58. The van der Waals surface area contributed by atoms with Gasteiger partial charge in [0.25, 0.3) is 0 Å². The van der Waals surface area contributed by atoms with E-state index in [2.05, 4.69) is 6.07 Å². The third kappa shape index (κ3) is 3.14. The summed E-state index contributed by atoms with van der Waals surface area (Å²) in [5.74, 6) is 0.848. The van der Waals surface area contributed by atoms with E-state index in [0.717, 1.165) is 22.6 Å². The quantitative estimate of drug-likeness (QED) is 0.624. The van der Waals surface area contributed by atoms with Crippen LogP contribution in [0.1, 0.15) is 11.1 Å². The molecule has 2 rings (SSSR count). The van der Waals surface area contributed by atoms with E-state index in [0.29, 0.717) is 10.0 Å². The van der Waals surface area contributed by atoms with Gasteiger partial charge in [-0.3, -0.25) is 0 Å². The van der Waals surface area contributed by atoms with E-state index in [4.69, 9.17) is 28.9 Å². The highest BCUT2D eigenvalue weighted by molar-refractivity contribution is 7.98. The van der Waals surface area contributed by atoms with Crippen LogP contribution in [-0.4, -0.2) is 0 Å². The zero-order chi connectivity index (χ0) is 13.1. The Balaban J connectivity index is 2.11. The Labute approximate surface area is 121 Å². The first-order chi connectivity index (χ1) is 8.58. The molecular weight excluding hydrogens is 285 g/mol. The Kier molecular flexibility index (Phi) is 4.44. The second-order valence-electron chi connectivity index (χ2n) is 4.01. The summed E-state index contributed by atoms with van der Waals surface area (Å²) in [4.78, 5) is 1.20. The first-order valence-corrected chi connectivity index (χ1v) is 7.24.